The molecule has 0 aliphatic heterocycles. The summed E-state index contributed by atoms with van der Waals surface area (Å²) in [6.07, 6.45) is 0.945. The first-order valence-corrected chi connectivity index (χ1v) is 7.07. The third kappa shape index (κ3) is 4.92. The van der Waals surface area contributed by atoms with Gasteiger partial charge in [0.2, 0.25) is 5.91 Å². The van der Waals surface area contributed by atoms with E-state index in [2.05, 4.69) is 12.2 Å². The molecule has 0 bridgehead atoms. The van der Waals surface area contributed by atoms with E-state index in [4.69, 9.17) is 10.8 Å². The molecule has 0 aromatic heterocycles. The SMILES string of the molecule is CCCN(CCO)C(C)C(=O)Nc1cccc(CN)c1. The van der Waals surface area contributed by atoms with Crippen molar-refractivity contribution < 1.29 is 9.90 Å². The Balaban J connectivity index is 2.67. The van der Waals surface area contributed by atoms with E-state index in [1.54, 1.807) is 0 Å². The van der Waals surface area contributed by atoms with E-state index < -0.39 is 0 Å². The Bertz CT molecular complexity index is 417. The Kier molecular flexibility index (Phi) is 7.22. The first-order valence-electron chi connectivity index (χ1n) is 7.07. The van der Waals surface area contributed by atoms with E-state index >= 15 is 0 Å². The molecule has 0 aliphatic rings. The quantitative estimate of drug-likeness (QED) is 0.667. The Morgan fingerprint density at radius 2 is 2.20 bits per heavy atom. The monoisotopic (exact) mass is 279 g/mol. The van der Waals surface area contributed by atoms with E-state index in [9.17, 15) is 4.79 Å². The molecular formula is C15H25N3O2. The van der Waals surface area contributed by atoms with Crippen molar-refractivity contribution in [2.45, 2.75) is 32.9 Å². The van der Waals surface area contributed by atoms with E-state index in [-0.39, 0.29) is 18.6 Å². The van der Waals surface area contributed by atoms with Crippen molar-refractivity contribution in [2.75, 3.05) is 25.0 Å². The van der Waals surface area contributed by atoms with Crippen molar-refractivity contribution in [2.24, 2.45) is 5.73 Å². The Morgan fingerprint density at radius 3 is 2.80 bits per heavy atom. The third-order valence-corrected chi connectivity index (χ3v) is 3.26. The van der Waals surface area contributed by atoms with Crippen LogP contribution in [0.25, 0.3) is 0 Å². The number of nitrogens with two attached hydrogens (primary N) is 1. The fraction of sp³-hybridized carbons (Fsp3) is 0.533. The van der Waals surface area contributed by atoms with Crippen molar-refractivity contribution >= 4 is 11.6 Å². The lowest BCUT2D eigenvalue weighted by Crippen LogP contribution is -2.43. The highest BCUT2D eigenvalue weighted by Crippen LogP contribution is 2.12. The average molecular weight is 279 g/mol. The predicted molar refractivity (Wildman–Crippen MR) is 81.4 cm³/mol. The highest BCUT2D eigenvalue weighted by Gasteiger charge is 2.20. The molecule has 0 fully saturated rings. The number of benzene rings is 1. The minimum Gasteiger partial charge on any atom is -0.395 e. The van der Waals surface area contributed by atoms with Gasteiger partial charge in [0.05, 0.1) is 12.6 Å². The zero-order valence-corrected chi connectivity index (χ0v) is 12.3. The number of hydrogen-bond donors (Lipinski definition) is 3. The van der Waals surface area contributed by atoms with Gasteiger partial charge in [0.1, 0.15) is 0 Å². The van der Waals surface area contributed by atoms with Gasteiger partial charge in [0.25, 0.3) is 0 Å². The van der Waals surface area contributed by atoms with Crippen LogP contribution in [-0.2, 0) is 11.3 Å². The van der Waals surface area contributed by atoms with Gasteiger partial charge in [-0.3, -0.25) is 9.69 Å². The fourth-order valence-electron chi connectivity index (χ4n) is 2.10. The summed E-state index contributed by atoms with van der Waals surface area (Å²) in [4.78, 5) is 14.2. The number of aliphatic hydroxyl groups excluding tert-OH is 1. The van der Waals surface area contributed by atoms with Crippen LogP contribution in [0.1, 0.15) is 25.8 Å². The van der Waals surface area contributed by atoms with Gasteiger partial charge < -0.3 is 16.2 Å². The number of hydrogen-bond acceptors (Lipinski definition) is 4. The zero-order valence-electron chi connectivity index (χ0n) is 12.3. The largest absolute Gasteiger partial charge is 0.395 e. The Hall–Kier alpha value is -1.43. The lowest BCUT2D eigenvalue weighted by Gasteiger charge is -2.27. The zero-order chi connectivity index (χ0) is 15.0. The summed E-state index contributed by atoms with van der Waals surface area (Å²) in [5.41, 5.74) is 7.33. The minimum absolute atomic E-state index is 0.0558. The molecule has 1 amide bonds. The number of carbonyl (C=O) groups excluding carboxylic acids is 1. The standard InChI is InChI=1S/C15H25N3O2/c1-3-7-18(8-9-19)12(2)15(20)17-14-6-4-5-13(10-14)11-16/h4-6,10,12,19H,3,7-9,11,16H2,1-2H3,(H,17,20). The highest BCUT2D eigenvalue weighted by atomic mass is 16.3. The molecule has 1 unspecified atom stereocenters. The van der Waals surface area contributed by atoms with Crippen molar-refractivity contribution in [3.63, 3.8) is 0 Å². The molecular weight excluding hydrogens is 254 g/mol. The number of nitrogens with one attached hydrogen (secondary N) is 1. The van der Waals surface area contributed by atoms with E-state index in [1.165, 1.54) is 0 Å². The van der Waals surface area contributed by atoms with Gasteiger partial charge in [-0.15, -0.1) is 0 Å². The first kappa shape index (κ1) is 16.6. The molecule has 1 aromatic rings. The topological polar surface area (TPSA) is 78.6 Å². The van der Waals surface area contributed by atoms with Crippen molar-refractivity contribution in [3.8, 4) is 0 Å². The van der Waals surface area contributed by atoms with Crippen molar-refractivity contribution in [1.29, 1.82) is 0 Å². The van der Waals surface area contributed by atoms with Gasteiger partial charge in [-0.2, -0.15) is 0 Å². The molecule has 1 atom stereocenters. The number of anilines is 1. The maximum absolute atomic E-state index is 12.2. The van der Waals surface area contributed by atoms with Crippen LogP contribution in [0.2, 0.25) is 0 Å². The number of carbonyl (C=O) groups is 1. The minimum atomic E-state index is -0.274. The van der Waals surface area contributed by atoms with Gasteiger partial charge >= 0.3 is 0 Å². The summed E-state index contributed by atoms with van der Waals surface area (Å²) in [5.74, 6) is -0.0685. The van der Waals surface area contributed by atoms with Crippen molar-refractivity contribution in [1.82, 2.24) is 4.90 Å². The fourth-order valence-corrected chi connectivity index (χ4v) is 2.10. The van der Waals surface area contributed by atoms with E-state index in [0.717, 1.165) is 24.2 Å². The summed E-state index contributed by atoms with van der Waals surface area (Å²) in [7, 11) is 0. The molecule has 1 aromatic carbocycles. The molecule has 0 radical (unpaired) electrons. The Morgan fingerprint density at radius 1 is 1.45 bits per heavy atom. The smallest absolute Gasteiger partial charge is 0.241 e. The molecule has 0 saturated carbocycles. The number of rotatable bonds is 8. The molecule has 112 valence electrons. The molecule has 0 heterocycles. The average Bonchev–Trinajstić information content (AvgIpc) is 2.46. The van der Waals surface area contributed by atoms with Gasteiger partial charge in [0, 0.05) is 18.8 Å². The lowest BCUT2D eigenvalue weighted by atomic mass is 10.2. The van der Waals surface area contributed by atoms with Crippen LogP contribution in [-0.4, -0.2) is 41.7 Å². The van der Waals surface area contributed by atoms with Gasteiger partial charge in [-0.1, -0.05) is 19.1 Å². The summed E-state index contributed by atoms with van der Waals surface area (Å²) in [6, 6.07) is 7.25. The second-order valence-electron chi connectivity index (χ2n) is 4.83. The molecule has 0 saturated heterocycles. The lowest BCUT2D eigenvalue weighted by molar-refractivity contribution is -0.120. The summed E-state index contributed by atoms with van der Waals surface area (Å²) < 4.78 is 0. The highest BCUT2D eigenvalue weighted by molar-refractivity contribution is 5.94. The molecule has 5 nitrogen and oxygen atoms in total. The maximum atomic E-state index is 12.2. The van der Waals surface area contributed by atoms with Gasteiger partial charge in [0.15, 0.2) is 0 Å². The summed E-state index contributed by atoms with van der Waals surface area (Å²) in [5, 5.41) is 12.0. The maximum Gasteiger partial charge on any atom is 0.241 e. The van der Waals surface area contributed by atoms with Crippen LogP contribution in [0, 0.1) is 0 Å². The normalized spacial score (nSPS) is 12.4. The van der Waals surface area contributed by atoms with Crippen LogP contribution < -0.4 is 11.1 Å². The first-order chi connectivity index (χ1) is 9.62. The van der Waals surface area contributed by atoms with Gasteiger partial charge in [-0.05, 0) is 37.6 Å². The molecule has 20 heavy (non-hydrogen) atoms. The predicted octanol–water partition coefficient (Wildman–Crippen LogP) is 1.18. The van der Waals surface area contributed by atoms with Crippen LogP contribution in [0.15, 0.2) is 24.3 Å². The number of nitrogens with zero attached hydrogens (tertiary/aromatic N) is 1. The van der Waals surface area contributed by atoms with Crippen molar-refractivity contribution in [3.05, 3.63) is 29.8 Å². The number of aliphatic hydroxyl groups is 1. The van der Waals surface area contributed by atoms with Crippen LogP contribution in [0.3, 0.4) is 0 Å². The second kappa shape index (κ2) is 8.68. The molecule has 4 N–H and O–H groups in total. The van der Waals surface area contributed by atoms with Gasteiger partial charge in [-0.25, -0.2) is 0 Å². The number of amides is 1. The third-order valence-electron chi connectivity index (χ3n) is 3.26. The van der Waals surface area contributed by atoms with Crippen LogP contribution >= 0.6 is 0 Å². The van der Waals surface area contributed by atoms with E-state index in [0.29, 0.717) is 13.1 Å². The summed E-state index contributed by atoms with van der Waals surface area (Å²) in [6.45, 7) is 5.71. The molecule has 0 spiro atoms. The molecule has 0 aliphatic carbocycles. The van der Waals surface area contributed by atoms with Crippen LogP contribution in [0.5, 0.6) is 0 Å². The van der Waals surface area contributed by atoms with E-state index in [1.807, 2.05) is 36.1 Å². The molecule has 5 heteroatoms. The molecule has 1 rings (SSSR count). The second-order valence-corrected chi connectivity index (χ2v) is 4.83. The Labute approximate surface area is 120 Å². The summed E-state index contributed by atoms with van der Waals surface area (Å²) >= 11 is 0. The van der Waals surface area contributed by atoms with Crippen LogP contribution in [0.4, 0.5) is 5.69 Å².